The van der Waals surface area contributed by atoms with E-state index in [2.05, 4.69) is 242 Å². The Balaban J connectivity index is 1.06. The van der Waals surface area contributed by atoms with Gasteiger partial charge in [0.15, 0.2) is 0 Å². The van der Waals surface area contributed by atoms with E-state index in [0.29, 0.717) is 0 Å². The first kappa shape index (κ1) is 34.8. The molecule has 0 N–H and O–H groups in total. The van der Waals surface area contributed by atoms with Crippen molar-refractivity contribution in [3.05, 3.63) is 230 Å². The minimum absolute atomic E-state index is 0.113. The van der Waals surface area contributed by atoms with Crippen molar-refractivity contribution in [1.82, 2.24) is 4.57 Å². The van der Waals surface area contributed by atoms with Crippen LogP contribution in [-0.4, -0.2) is 4.57 Å². The first-order valence-corrected chi connectivity index (χ1v) is 20.5. The monoisotopic (exact) mass is 754 g/mol. The van der Waals surface area contributed by atoms with Crippen molar-refractivity contribution in [2.45, 2.75) is 19.3 Å². The van der Waals surface area contributed by atoms with Crippen molar-refractivity contribution in [3.63, 3.8) is 0 Å². The highest BCUT2D eigenvalue weighted by Crippen LogP contribution is 2.51. The maximum atomic E-state index is 2.42. The molecule has 280 valence electrons. The topological polar surface area (TPSA) is 8.17 Å². The van der Waals surface area contributed by atoms with Gasteiger partial charge in [-0.15, -0.1) is 0 Å². The predicted molar refractivity (Wildman–Crippen MR) is 249 cm³/mol. The molecule has 11 rings (SSSR count). The van der Waals surface area contributed by atoms with Crippen LogP contribution in [0.5, 0.6) is 0 Å². The van der Waals surface area contributed by atoms with Crippen molar-refractivity contribution in [3.8, 4) is 50.3 Å². The largest absolute Gasteiger partial charge is 0.310 e. The number of benzene rings is 9. The molecule has 0 saturated carbocycles. The fourth-order valence-corrected chi connectivity index (χ4v) is 9.47. The Bertz CT molecular complexity index is 3150. The molecule has 1 aliphatic rings. The van der Waals surface area contributed by atoms with Gasteiger partial charge in [-0.1, -0.05) is 172 Å². The fraction of sp³-hybridized carbons (Fsp3) is 0.0526. The molecular formula is C57H42N2. The first-order valence-electron chi connectivity index (χ1n) is 20.5. The Morgan fingerprint density at radius 1 is 0.390 bits per heavy atom. The molecule has 2 nitrogen and oxygen atoms in total. The number of rotatable bonds is 7. The molecule has 1 heterocycles. The summed E-state index contributed by atoms with van der Waals surface area (Å²) in [5.74, 6) is 0. The van der Waals surface area contributed by atoms with E-state index in [1.54, 1.807) is 0 Å². The molecular weight excluding hydrogens is 713 g/mol. The smallest absolute Gasteiger partial charge is 0.0619 e. The lowest BCUT2D eigenvalue weighted by atomic mass is 9.82. The van der Waals surface area contributed by atoms with Gasteiger partial charge in [0.1, 0.15) is 0 Å². The molecule has 0 unspecified atom stereocenters. The van der Waals surface area contributed by atoms with Crippen molar-refractivity contribution in [2.75, 3.05) is 4.90 Å². The Morgan fingerprint density at radius 3 is 1.73 bits per heavy atom. The van der Waals surface area contributed by atoms with Crippen molar-refractivity contribution >= 4 is 38.7 Å². The number of nitrogens with zero attached hydrogens (tertiary/aromatic N) is 2. The van der Waals surface area contributed by atoms with Gasteiger partial charge in [-0.2, -0.15) is 0 Å². The van der Waals surface area contributed by atoms with Crippen molar-refractivity contribution < 1.29 is 0 Å². The SMILES string of the molecule is CC1(C)c2ccccc2-c2ccc(N(c3ccc(-c4ccc5ccccc5c4)cc3)c3ccc(-c4c(-c5ccccc5)n(-c5ccccc5)c5ccccc45)cc3)cc21. The summed E-state index contributed by atoms with van der Waals surface area (Å²) in [5.41, 5.74) is 18.1. The Hall–Kier alpha value is -7.42. The third kappa shape index (κ3) is 5.79. The lowest BCUT2D eigenvalue weighted by Crippen LogP contribution is -2.16. The minimum atomic E-state index is -0.113. The van der Waals surface area contributed by atoms with E-state index in [9.17, 15) is 0 Å². The summed E-state index contributed by atoms with van der Waals surface area (Å²) in [5, 5.41) is 3.73. The van der Waals surface area contributed by atoms with Crippen LogP contribution in [-0.2, 0) is 5.41 Å². The zero-order valence-electron chi connectivity index (χ0n) is 33.2. The van der Waals surface area contributed by atoms with Crippen LogP contribution in [0.1, 0.15) is 25.0 Å². The van der Waals surface area contributed by atoms with E-state index in [1.807, 2.05) is 0 Å². The van der Waals surface area contributed by atoms with Crippen molar-refractivity contribution in [2.24, 2.45) is 0 Å². The molecule has 10 aromatic rings. The third-order valence-corrected chi connectivity index (χ3v) is 12.4. The summed E-state index contributed by atoms with van der Waals surface area (Å²) in [6.07, 6.45) is 0. The number of hydrogen-bond acceptors (Lipinski definition) is 1. The molecule has 1 aliphatic carbocycles. The number of aromatic nitrogens is 1. The summed E-state index contributed by atoms with van der Waals surface area (Å²) < 4.78 is 2.42. The molecule has 0 radical (unpaired) electrons. The van der Waals surface area contributed by atoms with Crippen LogP contribution in [0.2, 0.25) is 0 Å². The quantitative estimate of drug-likeness (QED) is 0.157. The van der Waals surface area contributed by atoms with E-state index in [0.717, 1.165) is 22.7 Å². The zero-order chi connectivity index (χ0) is 39.5. The van der Waals surface area contributed by atoms with Gasteiger partial charge in [0.05, 0.1) is 11.2 Å². The molecule has 0 aliphatic heterocycles. The molecule has 2 heteroatoms. The standard InChI is InChI=1S/C57H42N2/c1-57(2)52-23-13-11-21-49(52)50-36-35-48(38-53(50)57)58(46-31-27-40(28-32-46)44-26-25-39-15-9-10-18-43(39)37-44)47-33-29-41(30-34-47)55-51-22-12-14-24-54(51)59(45-19-7-4-8-20-45)56(55)42-16-5-3-6-17-42/h3-38H,1-2H3. The van der Waals surface area contributed by atoms with Crippen LogP contribution < -0.4 is 4.90 Å². The second kappa shape index (κ2) is 13.9. The fourth-order valence-electron chi connectivity index (χ4n) is 9.47. The van der Waals surface area contributed by atoms with E-state index in [4.69, 9.17) is 0 Å². The highest BCUT2D eigenvalue weighted by Gasteiger charge is 2.35. The van der Waals surface area contributed by atoms with E-state index in [-0.39, 0.29) is 5.41 Å². The van der Waals surface area contributed by atoms with Crippen LogP contribution >= 0.6 is 0 Å². The van der Waals surface area contributed by atoms with Gasteiger partial charge in [0.25, 0.3) is 0 Å². The Kier molecular flexibility index (Phi) is 8.20. The molecule has 1 aromatic heterocycles. The van der Waals surface area contributed by atoms with Gasteiger partial charge in [0, 0.05) is 39.1 Å². The highest BCUT2D eigenvalue weighted by atomic mass is 15.1. The summed E-state index contributed by atoms with van der Waals surface area (Å²) in [4.78, 5) is 2.42. The van der Waals surface area contributed by atoms with Gasteiger partial charge < -0.3 is 9.47 Å². The third-order valence-electron chi connectivity index (χ3n) is 12.4. The molecule has 9 aromatic carbocycles. The summed E-state index contributed by atoms with van der Waals surface area (Å²) in [6.45, 7) is 4.71. The molecule has 0 bridgehead atoms. The maximum Gasteiger partial charge on any atom is 0.0619 e. The Labute approximate surface area is 345 Å². The predicted octanol–water partition coefficient (Wildman–Crippen LogP) is 15.6. The number of hydrogen-bond donors (Lipinski definition) is 0. The highest BCUT2D eigenvalue weighted by molar-refractivity contribution is 6.06. The average molecular weight is 755 g/mol. The molecule has 0 fully saturated rings. The van der Waals surface area contributed by atoms with Gasteiger partial charge in [0.2, 0.25) is 0 Å². The van der Waals surface area contributed by atoms with E-state index in [1.165, 1.54) is 77.4 Å². The number of para-hydroxylation sites is 2. The van der Waals surface area contributed by atoms with E-state index < -0.39 is 0 Å². The van der Waals surface area contributed by atoms with Crippen LogP contribution in [0.25, 0.3) is 72.0 Å². The normalized spacial score (nSPS) is 12.7. The molecule has 0 saturated heterocycles. The lowest BCUT2D eigenvalue weighted by molar-refractivity contribution is 0.660. The first-order chi connectivity index (χ1) is 29.0. The maximum absolute atomic E-state index is 2.42. The van der Waals surface area contributed by atoms with Crippen LogP contribution in [0.3, 0.4) is 0 Å². The van der Waals surface area contributed by atoms with Gasteiger partial charge in [-0.25, -0.2) is 0 Å². The second-order valence-corrected chi connectivity index (χ2v) is 16.2. The molecule has 59 heavy (non-hydrogen) atoms. The summed E-state index contributed by atoms with van der Waals surface area (Å²) in [6, 6.07) is 79.8. The molecule has 0 spiro atoms. The number of fused-ring (bicyclic) bond motifs is 5. The van der Waals surface area contributed by atoms with Crippen LogP contribution in [0.15, 0.2) is 218 Å². The van der Waals surface area contributed by atoms with Gasteiger partial charge in [-0.3, -0.25) is 0 Å². The summed E-state index contributed by atoms with van der Waals surface area (Å²) >= 11 is 0. The van der Waals surface area contributed by atoms with Crippen LogP contribution in [0, 0.1) is 0 Å². The molecule has 0 amide bonds. The summed E-state index contributed by atoms with van der Waals surface area (Å²) in [7, 11) is 0. The van der Waals surface area contributed by atoms with Crippen molar-refractivity contribution in [1.29, 1.82) is 0 Å². The zero-order valence-corrected chi connectivity index (χ0v) is 33.2. The van der Waals surface area contributed by atoms with Crippen LogP contribution in [0.4, 0.5) is 17.1 Å². The average Bonchev–Trinajstić information content (AvgIpc) is 3.76. The minimum Gasteiger partial charge on any atom is -0.310 e. The van der Waals surface area contributed by atoms with Gasteiger partial charge in [-0.05, 0) is 116 Å². The van der Waals surface area contributed by atoms with Gasteiger partial charge >= 0.3 is 0 Å². The molecule has 0 atom stereocenters. The van der Waals surface area contributed by atoms with E-state index >= 15 is 0 Å². The number of anilines is 3. The lowest BCUT2D eigenvalue weighted by Gasteiger charge is -2.28. The Morgan fingerprint density at radius 2 is 0.966 bits per heavy atom. The second-order valence-electron chi connectivity index (χ2n) is 16.2.